The van der Waals surface area contributed by atoms with Crippen LogP contribution in [0.15, 0.2) is 29.9 Å². The van der Waals surface area contributed by atoms with Crippen molar-refractivity contribution < 1.29 is 4.79 Å². The Morgan fingerprint density at radius 1 is 1.25 bits per heavy atom. The van der Waals surface area contributed by atoms with Gasteiger partial charge in [0.25, 0.3) is 0 Å². The minimum absolute atomic E-state index is 0.0646. The summed E-state index contributed by atoms with van der Waals surface area (Å²) < 4.78 is 0. The summed E-state index contributed by atoms with van der Waals surface area (Å²) >= 11 is 1.85. The molecular weight excluding hydrogens is 320 g/mol. The molecule has 0 aromatic carbocycles. The van der Waals surface area contributed by atoms with E-state index in [4.69, 9.17) is 0 Å². The maximum Gasteiger partial charge on any atom is 0.238 e. The average Bonchev–Trinajstić information content (AvgIpc) is 3.28. The van der Waals surface area contributed by atoms with Gasteiger partial charge in [-0.3, -0.25) is 9.78 Å². The first-order valence-corrected chi connectivity index (χ1v) is 9.46. The summed E-state index contributed by atoms with van der Waals surface area (Å²) in [5.74, 6) is 0.0646. The molecule has 6 heteroatoms. The molecule has 2 unspecified atom stereocenters. The van der Waals surface area contributed by atoms with E-state index in [2.05, 4.69) is 26.5 Å². The lowest BCUT2D eigenvalue weighted by molar-refractivity contribution is -0.123. The van der Waals surface area contributed by atoms with E-state index in [1.54, 1.807) is 12.4 Å². The molecule has 2 aliphatic rings. The van der Waals surface area contributed by atoms with Crippen molar-refractivity contribution >= 4 is 17.2 Å². The number of nitrogens with zero attached hydrogens (tertiary/aromatic N) is 1. The number of carbonyl (C=O) groups excluding carboxylic acids is 1. The second-order valence-corrected chi connectivity index (χ2v) is 7.46. The largest absolute Gasteiger partial charge is 0.351 e. The van der Waals surface area contributed by atoms with Gasteiger partial charge in [-0.25, -0.2) is 10.9 Å². The number of rotatable bonds is 4. The van der Waals surface area contributed by atoms with Crippen molar-refractivity contribution in [1.82, 2.24) is 21.2 Å². The summed E-state index contributed by atoms with van der Waals surface area (Å²) in [6, 6.07) is 3.92. The van der Waals surface area contributed by atoms with Crippen LogP contribution < -0.4 is 16.2 Å². The summed E-state index contributed by atoms with van der Waals surface area (Å²) in [7, 11) is 0. The molecule has 2 aromatic rings. The number of hydrazine groups is 1. The number of fused-ring (bicyclic) bond motifs is 1. The Morgan fingerprint density at radius 2 is 2.08 bits per heavy atom. The van der Waals surface area contributed by atoms with Crippen molar-refractivity contribution in [3.05, 3.63) is 51.5 Å². The van der Waals surface area contributed by atoms with Crippen molar-refractivity contribution in [3.63, 3.8) is 0 Å². The van der Waals surface area contributed by atoms with Crippen LogP contribution in [0, 0.1) is 0 Å². The van der Waals surface area contributed by atoms with Crippen LogP contribution in [0.4, 0.5) is 0 Å². The molecule has 24 heavy (non-hydrogen) atoms. The number of aromatic nitrogens is 1. The van der Waals surface area contributed by atoms with Gasteiger partial charge in [0.05, 0.1) is 0 Å². The molecule has 1 amide bonds. The molecule has 3 N–H and O–H groups in total. The second kappa shape index (κ2) is 7.01. The smallest absolute Gasteiger partial charge is 0.238 e. The van der Waals surface area contributed by atoms with Gasteiger partial charge in [0.15, 0.2) is 0 Å². The highest BCUT2D eigenvalue weighted by molar-refractivity contribution is 7.10. The molecule has 5 nitrogen and oxygen atoms in total. The van der Waals surface area contributed by atoms with E-state index in [1.807, 2.05) is 23.5 Å². The third-order valence-corrected chi connectivity index (χ3v) is 6.07. The zero-order valence-corrected chi connectivity index (χ0v) is 14.4. The Morgan fingerprint density at radius 3 is 2.96 bits per heavy atom. The Balaban J connectivity index is 1.33. The number of pyridine rings is 1. The highest BCUT2D eigenvalue weighted by Crippen LogP contribution is 2.30. The van der Waals surface area contributed by atoms with Gasteiger partial charge in [-0.05, 0) is 66.3 Å². The Labute approximate surface area is 145 Å². The van der Waals surface area contributed by atoms with Gasteiger partial charge >= 0.3 is 0 Å². The van der Waals surface area contributed by atoms with Crippen LogP contribution in [0.3, 0.4) is 0 Å². The highest BCUT2D eigenvalue weighted by atomic mass is 32.1. The third-order valence-electron chi connectivity index (χ3n) is 4.93. The summed E-state index contributed by atoms with van der Waals surface area (Å²) in [6.07, 6.45) is 9.25. The molecule has 4 rings (SSSR count). The van der Waals surface area contributed by atoms with E-state index in [9.17, 15) is 4.79 Å². The third kappa shape index (κ3) is 3.22. The van der Waals surface area contributed by atoms with Crippen LogP contribution >= 0.6 is 11.3 Å². The van der Waals surface area contributed by atoms with E-state index in [0.717, 1.165) is 18.4 Å². The molecule has 1 aliphatic carbocycles. The van der Waals surface area contributed by atoms with Crippen molar-refractivity contribution in [2.45, 2.75) is 50.7 Å². The summed E-state index contributed by atoms with van der Waals surface area (Å²) in [5.41, 5.74) is 10.3. The molecule has 0 spiro atoms. The number of hydrogen-bond donors (Lipinski definition) is 3. The fourth-order valence-electron chi connectivity index (χ4n) is 3.56. The molecule has 2 aromatic heterocycles. The molecule has 3 heterocycles. The van der Waals surface area contributed by atoms with Crippen LogP contribution in [0.2, 0.25) is 0 Å². The van der Waals surface area contributed by atoms with E-state index < -0.39 is 0 Å². The molecular formula is C18H22N4OS. The number of amides is 1. The fraction of sp³-hybridized carbons (Fsp3) is 0.444. The summed E-state index contributed by atoms with van der Waals surface area (Å²) in [5, 5.41) is 5.32. The quantitative estimate of drug-likeness (QED) is 0.797. The number of hydrogen-bond acceptors (Lipinski definition) is 5. The van der Waals surface area contributed by atoms with Crippen LogP contribution in [0.1, 0.15) is 46.9 Å². The van der Waals surface area contributed by atoms with E-state index in [1.165, 1.54) is 35.3 Å². The fourth-order valence-corrected chi connectivity index (χ4v) is 4.70. The number of aryl methyl sites for hydroxylation is 1. The zero-order chi connectivity index (χ0) is 16.4. The van der Waals surface area contributed by atoms with Gasteiger partial charge in [0, 0.05) is 29.9 Å². The SMILES string of the molecule is O=C(NCc1csc2c1CCCC2)C1CC(c2ccncc2)NN1. The minimum Gasteiger partial charge on any atom is -0.351 e. The Hall–Kier alpha value is -1.76. The lowest BCUT2D eigenvalue weighted by atomic mass is 9.96. The summed E-state index contributed by atoms with van der Waals surface area (Å²) in [4.78, 5) is 18.0. The number of thiophene rings is 1. The van der Waals surface area contributed by atoms with Gasteiger partial charge < -0.3 is 5.32 Å². The van der Waals surface area contributed by atoms with Crippen molar-refractivity contribution in [1.29, 1.82) is 0 Å². The van der Waals surface area contributed by atoms with Crippen molar-refractivity contribution in [3.8, 4) is 0 Å². The van der Waals surface area contributed by atoms with E-state index in [0.29, 0.717) is 6.54 Å². The monoisotopic (exact) mass is 342 g/mol. The van der Waals surface area contributed by atoms with Crippen LogP contribution in [0.5, 0.6) is 0 Å². The van der Waals surface area contributed by atoms with Gasteiger partial charge in [0.1, 0.15) is 6.04 Å². The molecule has 126 valence electrons. The topological polar surface area (TPSA) is 66.0 Å². The molecule has 0 saturated carbocycles. The molecule has 2 atom stereocenters. The van der Waals surface area contributed by atoms with Crippen LogP contribution in [-0.4, -0.2) is 16.9 Å². The van der Waals surface area contributed by atoms with Gasteiger partial charge in [0.2, 0.25) is 5.91 Å². The predicted octanol–water partition coefficient (Wildman–Crippen LogP) is 2.25. The molecule has 1 aliphatic heterocycles. The Bertz CT molecular complexity index is 715. The average molecular weight is 342 g/mol. The molecule has 0 radical (unpaired) electrons. The highest BCUT2D eigenvalue weighted by Gasteiger charge is 2.30. The van der Waals surface area contributed by atoms with Crippen molar-refractivity contribution in [2.24, 2.45) is 0 Å². The van der Waals surface area contributed by atoms with Gasteiger partial charge in [-0.15, -0.1) is 11.3 Å². The van der Waals surface area contributed by atoms with Crippen LogP contribution in [-0.2, 0) is 24.2 Å². The molecule has 1 saturated heterocycles. The zero-order valence-electron chi connectivity index (χ0n) is 13.5. The normalized spacial score (nSPS) is 23.0. The number of carbonyl (C=O) groups is 1. The second-order valence-electron chi connectivity index (χ2n) is 6.50. The number of nitrogens with one attached hydrogen (secondary N) is 3. The lowest BCUT2D eigenvalue weighted by Gasteiger charge is -2.14. The first-order valence-electron chi connectivity index (χ1n) is 8.58. The maximum atomic E-state index is 12.5. The first-order chi connectivity index (χ1) is 11.8. The Kier molecular flexibility index (Phi) is 4.60. The molecule has 0 bridgehead atoms. The van der Waals surface area contributed by atoms with E-state index in [-0.39, 0.29) is 18.0 Å². The molecule has 1 fully saturated rings. The lowest BCUT2D eigenvalue weighted by Crippen LogP contribution is -2.42. The van der Waals surface area contributed by atoms with Gasteiger partial charge in [-0.1, -0.05) is 0 Å². The van der Waals surface area contributed by atoms with Crippen LogP contribution in [0.25, 0.3) is 0 Å². The van der Waals surface area contributed by atoms with Gasteiger partial charge in [-0.2, -0.15) is 0 Å². The minimum atomic E-state index is -0.197. The summed E-state index contributed by atoms with van der Waals surface area (Å²) in [6.45, 7) is 0.642. The van der Waals surface area contributed by atoms with E-state index >= 15 is 0 Å². The van der Waals surface area contributed by atoms with Crippen molar-refractivity contribution in [2.75, 3.05) is 0 Å². The standard InChI is InChI=1S/C18H22N4OS/c23-18(16-9-15(21-22-16)12-5-7-19-8-6-12)20-10-13-11-24-17-4-2-1-3-14(13)17/h5-8,11,15-16,21-22H,1-4,9-10H2,(H,20,23). The predicted molar refractivity (Wildman–Crippen MR) is 94.5 cm³/mol. The maximum absolute atomic E-state index is 12.5. The first kappa shape index (κ1) is 15.7.